The van der Waals surface area contributed by atoms with Crippen molar-refractivity contribution in [2.75, 3.05) is 6.54 Å². The number of nitrogens with one attached hydrogen (secondary N) is 2. The molecule has 2 aromatic rings. The van der Waals surface area contributed by atoms with Gasteiger partial charge in [-0.05, 0) is 41.0 Å². The number of amides is 1. The number of aromatic amines is 1. The van der Waals surface area contributed by atoms with E-state index in [1.54, 1.807) is 0 Å². The summed E-state index contributed by atoms with van der Waals surface area (Å²) in [4.78, 5) is 15.3. The molecule has 0 spiro atoms. The van der Waals surface area contributed by atoms with Gasteiger partial charge in [-0.15, -0.1) is 0 Å². The molecule has 0 radical (unpaired) electrons. The van der Waals surface area contributed by atoms with Gasteiger partial charge in [0.05, 0.1) is 0 Å². The molecule has 2 rings (SSSR count). The highest BCUT2D eigenvalue weighted by molar-refractivity contribution is 5.93. The molecular weight excluding hydrogens is 284 g/mol. The Bertz CT molecular complexity index is 645. The first-order valence-corrected chi connectivity index (χ1v) is 8.35. The van der Waals surface area contributed by atoms with Gasteiger partial charge in [0.25, 0.3) is 5.91 Å². The van der Waals surface area contributed by atoms with Gasteiger partial charge in [0, 0.05) is 12.2 Å². The number of benzene rings is 1. The van der Waals surface area contributed by atoms with Crippen molar-refractivity contribution in [1.29, 1.82) is 0 Å². The monoisotopic (exact) mass is 312 g/mol. The van der Waals surface area contributed by atoms with Crippen LogP contribution in [-0.4, -0.2) is 17.4 Å². The second kappa shape index (κ2) is 7.03. The Labute approximate surface area is 139 Å². The van der Waals surface area contributed by atoms with Crippen LogP contribution in [0.25, 0.3) is 11.3 Å². The summed E-state index contributed by atoms with van der Waals surface area (Å²) in [7, 11) is 0. The fourth-order valence-corrected chi connectivity index (χ4v) is 2.42. The van der Waals surface area contributed by atoms with Crippen molar-refractivity contribution in [3.05, 3.63) is 47.7 Å². The lowest BCUT2D eigenvalue weighted by atomic mass is 9.86. The van der Waals surface area contributed by atoms with Gasteiger partial charge in [-0.2, -0.15) is 0 Å². The number of hydrogen-bond donors (Lipinski definition) is 2. The number of hydrogen-bond acceptors (Lipinski definition) is 1. The fourth-order valence-electron chi connectivity index (χ4n) is 2.42. The van der Waals surface area contributed by atoms with Crippen LogP contribution in [0.4, 0.5) is 0 Å². The van der Waals surface area contributed by atoms with Crippen LogP contribution in [0.15, 0.2) is 36.4 Å². The first-order chi connectivity index (χ1) is 10.8. The number of H-pyrrole nitrogens is 1. The Morgan fingerprint density at radius 3 is 2.30 bits per heavy atom. The molecule has 0 aliphatic rings. The molecule has 0 unspecified atom stereocenters. The van der Waals surface area contributed by atoms with E-state index in [4.69, 9.17) is 0 Å². The third-order valence-corrected chi connectivity index (χ3v) is 4.00. The summed E-state index contributed by atoms with van der Waals surface area (Å²) in [5, 5.41) is 2.95. The lowest BCUT2D eigenvalue weighted by Gasteiger charge is -2.19. The molecule has 0 aliphatic heterocycles. The quantitative estimate of drug-likeness (QED) is 0.822. The minimum absolute atomic E-state index is 0.0387. The Balaban J connectivity index is 2.05. The van der Waals surface area contributed by atoms with Crippen LogP contribution in [-0.2, 0) is 5.41 Å². The highest BCUT2D eigenvalue weighted by Gasteiger charge is 2.14. The van der Waals surface area contributed by atoms with E-state index >= 15 is 0 Å². The lowest BCUT2D eigenvalue weighted by molar-refractivity contribution is 0.0947. The van der Waals surface area contributed by atoms with E-state index < -0.39 is 0 Å². The molecule has 3 heteroatoms. The molecule has 3 nitrogen and oxygen atoms in total. The maximum Gasteiger partial charge on any atom is 0.267 e. The van der Waals surface area contributed by atoms with Gasteiger partial charge in [-0.1, -0.05) is 58.9 Å². The van der Waals surface area contributed by atoms with Crippen molar-refractivity contribution < 1.29 is 4.79 Å². The molecule has 0 aliphatic carbocycles. The molecule has 0 saturated carbocycles. The third-order valence-electron chi connectivity index (χ3n) is 4.00. The van der Waals surface area contributed by atoms with Gasteiger partial charge >= 0.3 is 0 Å². The Morgan fingerprint density at radius 2 is 1.74 bits per heavy atom. The van der Waals surface area contributed by atoms with Crippen molar-refractivity contribution in [3.63, 3.8) is 0 Å². The van der Waals surface area contributed by atoms with E-state index in [0.717, 1.165) is 17.7 Å². The molecule has 1 heterocycles. The van der Waals surface area contributed by atoms with Crippen LogP contribution in [0.3, 0.4) is 0 Å². The van der Waals surface area contributed by atoms with E-state index in [1.165, 1.54) is 5.56 Å². The predicted molar refractivity (Wildman–Crippen MR) is 96.7 cm³/mol. The second-order valence-electron chi connectivity index (χ2n) is 7.55. The molecule has 0 fully saturated rings. The van der Waals surface area contributed by atoms with Gasteiger partial charge in [0.2, 0.25) is 0 Å². The molecule has 1 aromatic carbocycles. The molecule has 23 heavy (non-hydrogen) atoms. The van der Waals surface area contributed by atoms with Crippen molar-refractivity contribution in [2.24, 2.45) is 5.92 Å². The summed E-state index contributed by atoms with van der Waals surface area (Å²) in [6.07, 6.45) is 0.994. The molecule has 124 valence electrons. The first kappa shape index (κ1) is 17.3. The predicted octanol–water partition coefficient (Wildman–Crippen LogP) is 4.76. The SMILES string of the molecule is CC(C)CCNC(=O)c1ccc(-c2ccc(C(C)(C)C)cc2)[nH]1. The van der Waals surface area contributed by atoms with Crippen LogP contribution < -0.4 is 5.32 Å². The normalized spacial score (nSPS) is 11.7. The Kier molecular flexibility index (Phi) is 5.30. The highest BCUT2D eigenvalue weighted by atomic mass is 16.1. The minimum Gasteiger partial charge on any atom is -0.351 e. The zero-order valence-electron chi connectivity index (χ0n) is 14.9. The smallest absolute Gasteiger partial charge is 0.267 e. The molecule has 1 aromatic heterocycles. The lowest BCUT2D eigenvalue weighted by Crippen LogP contribution is -2.25. The molecule has 0 atom stereocenters. The number of carbonyl (C=O) groups excluding carboxylic acids is 1. The number of aromatic nitrogens is 1. The van der Waals surface area contributed by atoms with E-state index in [2.05, 4.69) is 69.2 Å². The van der Waals surface area contributed by atoms with E-state index in [9.17, 15) is 4.79 Å². The average molecular weight is 312 g/mol. The van der Waals surface area contributed by atoms with Crippen LogP contribution in [0.5, 0.6) is 0 Å². The first-order valence-electron chi connectivity index (χ1n) is 8.35. The molecule has 0 bridgehead atoms. The summed E-state index contributed by atoms with van der Waals surface area (Å²) in [6.45, 7) is 11.6. The van der Waals surface area contributed by atoms with Gasteiger partial charge in [0.1, 0.15) is 5.69 Å². The van der Waals surface area contributed by atoms with Gasteiger partial charge in [-0.25, -0.2) is 0 Å². The summed E-state index contributed by atoms with van der Waals surface area (Å²) in [5.74, 6) is 0.555. The van der Waals surface area contributed by atoms with E-state index in [1.807, 2.05) is 12.1 Å². The van der Waals surface area contributed by atoms with Gasteiger partial charge < -0.3 is 10.3 Å². The number of carbonyl (C=O) groups is 1. The standard InChI is InChI=1S/C20H28N2O/c1-14(2)12-13-21-19(23)18-11-10-17(22-18)15-6-8-16(9-7-15)20(3,4)5/h6-11,14,22H,12-13H2,1-5H3,(H,21,23). The molecular formula is C20H28N2O. The van der Waals surface area contributed by atoms with Crippen molar-refractivity contribution in [2.45, 2.75) is 46.5 Å². The van der Waals surface area contributed by atoms with Crippen LogP contribution in [0, 0.1) is 5.92 Å². The van der Waals surface area contributed by atoms with Crippen molar-refractivity contribution in [3.8, 4) is 11.3 Å². The third kappa shape index (κ3) is 4.72. The second-order valence-corrected chi connectivity index (χ2v) is 7.55. The van der Waals surface area contributed by atoms with Crippen LogP contribution >= 0.6 is 0 Å². The molecule has 0 saturated heterocycles. The largest absolute Gasteiger partial charge is 0.351 e. The summed E-state index contributed by atoms with van der Waals surface area (Å²) in [5.41, 5.74) is 4.14. The average Bonchev–Trinajstić information content (AvgIpc) is 2.96. The van der Waals surface area contributed by atoms with Gasteiger partial charge in [-0.3, -0.25) is 4.79 Å². The Morgan fingerprint density at radius 1 is 1.09 bits per heavy atom. The maximum atomic E-state index is 12.1. The number of rotatable bonds is 5. The van der Waals surface area contributed by atoms with Gasteiger partial charge in [0.15, 0.2) is 0 Å². The van der Waals surface area contributed by atoms with E-state index in [-0.39, 0.29) is 11.3 Å². The van der Waals surface area contributed by atoms with Crippen LogP contribution in [0.1, 0.15) is 57.1 Å². The topological polar surface area (TPSA) is 44.9 Å². The van der Waals surface area contributed by atoms with Crippen molar-refractivity contribution >= 4 is 5.91 Å². The maximum absolute atomic E-state index is 12.1. The van der Waals surface area contributed by atoms with Crippen molar-refractivity contribution in [1.82, 2.24) is 10.3 Å². The summed E-state index contributed by atoms with van der Waals surface area (Å²) >= 11 is 0. The molecule has 1 amide bonds. The molecule has 2 N–H and O–H groups in total. The van der Waals surface area contributed by atoms with E-state index in [0.29, 0.717) is 18.2 Å². The van der Waals surface area contributed by atoms with Crippen LogP contribution in [0.2, 0.25) is 0 Å². The summed E-state index contributed by atoms with van der Waals surface area (Å²) in [6, 6.07) is 12.3. The highest BCUT2D eigenvalue weighted by Crippen LogP contribution is 2.25. The summed E-state index contributed by atoms with van der Waals surface area (Å²) < 4.78 is 0. The fraction of sp³-hybridized carbons (Fsp3) is 0.450. The zero-order valence-corrected chi connectivity index (χ0v) is 14.9. The zero-order chi connectivity index (χ0) is 17.0. The minimum atomic E-state index is -0.0387. The Hall–Kier alpha value is -2.03.